The van der Waals surface area contributed by atoms with Crippen molar-refractivity contribution in [2.45, 2.75) is 18.5 Å². The second-order valence-corrected chi connectivity index (χ2v) is 7.89. The predicted molar refractivity (Wildman–Crippen MR) is 113 cm³/mol. The lowest BCUT2D eigenvalue weighted by Crippen LogP contribution is -2.44. The quantitative estimate of drug-likeness (QED) is 0.683. The first-order valence-corrected chi connectivity index (χ1v) is 10.4. The Balaban J connectivity index is 1.60. The summed E-state index contributed by atoms with van der Waals surface area (Å²) in [6.45, 7) is 1.56. The molecule has 2 aromatic rings. The molecule has 0 spiro atoms. The highest BCUT2D eigenvalue weighted by atomic mass is 16.5. The number of hydrogen-bond donors (Lipinski definition) is 0. The number of para-hydroxylation sites is 1. The normalized spacial score (nSPS) is 25.6. The number of nitrogens with zero attached hydrogens (tertiary/aromatic N) is 3. The highest BCUT2D eigenvalue weighted by Crippen LogP contribution is 2.51. The van der Waals surface area contributed by atoms with Crippen LogP contribution in [0.2, 0.25) is 0 Å². The van der Waals surface area contributed by atoms with Gasteiger partial charge in [0.05, 0.1) is 39.0 Å². The zero-order valence-corrected chi connectivity index (χ0v) is 17.8. The lowest BCUT2D eigenvalue weighted by atomic mass is 9.89. The van der Waals surface area contributed by atoms with Crippen molar-refractivity contribution in [2.75, 3.05) is 39.3 Å². The van der Waals surface area contributed by atoms with Crippen molar-refractivity contribution in [3.05, 3.63) is 48.0 Å². The van der Waals surface area contributed by atoms with Crippen molar-refractivity contribution in [1.29, 1.82) is 0 Å². The van der Waals surface area contributed by atoms with Crippen LogP contribution in [0.3, 0.4) is 0 Å². The fraction of sp³-hybridized carbons (Fsp3) is 0.391. The van der Waals surface area contributed by atoms with Gasteiger partial charge in [-0.1, -0.05) is 18.2 Å². The number of hydrazine groups is 1. The molecule has 0 bridgehead atoms. The Kier molecular flexibility index (Phi) is 4.83. The summed E-state index contributed by atoms with van der Waals surface area (Å²) in [7, 11) is 4.71. The monoisotopic (exact) mass is 423 g/mol. The molecule has 3 saturated heterocycles. The highest BCUT2D eigenvalue weighted by Gasteiger charge is 2.63. The van der Waals surface area contributed by atoms with Crippen molar-refractivity contribution in [3.63, 3.8) is 0 Å². The lowest BCUT2D eigenvalue weighted by molar-refractivity contribution is -0.126. The summed E-state index contributed by atoms with van der Waals surface area (Å²) < 4.78 is 16.3. The van der Waals surface area contributed by atoms with E-state index in [4.69, 9.17) is 14.2 Å². The summed E-state index contributed by atoms with van der Waals surface area (Å²) in [4.78, 5) is 28.7. The lowest BCUT2D eigenvalue weighted by Gasteiger charge is -2.30. The van der Waals surface area contributed by atoms with Gasteiger partial charge in [-0.05, 0) is 24.6 Å². The van der Waals surface area contributed by atoms with Gasteiger partial charge in [0.2, 0.25) is 5.91 Å². The van der Waals surface area contributed by atoms with Gasteiger partial charge in [0, 0.05) is 24.7 Å². The van der Waals surface area contributed by atoms with Gasteiger partial charge in [-0.3, -0.25) is 9.59 Å². The summed E-state index contributed by atoms with van der Waals surface area (Å²) in [5, 5.41) is 4.24. The smallest absolute Gasteiger partial charge is 0.253 e. The van der Waals surface area contributed by atoms with Crippen molar-refractivity contribution < 1.29 is 23.8 Å². The number of methoxy groups -OCH3 is 3. The predicted octanol–water partition coefficient (Wildman–Crippen LogP) is 2.25. The molecule has 0 unspecified atom stereocenters. The fourth-order valence-electron chi connectivity index (χ4n) is 5.21. The molecule has 2 aromatic carbocycles. The molecule has 31 heavy (non-hydrogen) atoms. The minimum absolute atomic E-state index is 0.219. The minimum Gasteiger partial charge on any atom is -0.497 e. The number of benzene rings is 2. The molecule has 3 heterocycles. The fourth-order valence-corrected chi connectivity index (χ4v) is 5.21. The van der Waals surface area contributed by atoms with Gasteiger partial charge in [0.15, 0.2) is 0 Å². The largest absolute Gasteiger partial charge is 0.497 e. The number of rotatable bonds is 5. The Morgan fingerprint density at radius 2 is 1.52 bits per heavy atom. The van der Waals surface area contributed by atoms with Crippen LogP contribution in [0.1, 0.15) is 18.0 Å². The second kappa shape index (κ2) is 7.55. The number of hydrogen-bond acceptors (Lipinski definition) is 7. The maximum atomic E-state index is 13.8. The maximum Gasteiger partial charge on any atom is 0.253 e. The van der Waals surface area contributed by atoms with Crippen LogP contribution in [0.5, 0.6) is 17.2 Å². The van der Waals surface area contributed by atoms with E-state index in [1.807, 2.05) is 24.3 Å². The van der Waals surface area contributed by atoms with Gasteiger partial charge < -0.3 is 14.2 Å². The van der Waals surface area contributed by atoms with Crippen LogP contribution < -0.4 is 19.1 Å². The summed E-state index contributed by atoms with van der Waals surface area (Å²) in [5.74, 6) is 0.786. The molecule has 2 amide bonds. The molecule has 0 aliphatic carbocycles. The van der Waals surface area contributed by atoms with E-state index in [0.29, 0.717) is 17.2 Å². The van der Waals surface area contributed by atoms with Crippen LogP contribution in [0, 0.1) is 5.92 Å². The first-order chi connectivity index (χ1) is 15.1. The molecule has 3 aliphatic heterocycles. The van der Waals surface area contributed by atoms with Crippen molar-refractivity contribution >= 4 is 17.5 Å². The summed E-state index contributed by atoms with van der Waals surface area (Å²) >= 11 is 0. The summed E-state index contributed by atoms with van der Waals surface area (Å²) in [6, 6.07) is 12.1. The number of carbonyl (C=O) groups excluding carboxylic acids is 2. The number of carbonyl (C=O) groups is 2. The molecule has 0 aromatic heterocycles. The van der Waals surface area contributed by atoms with Crippen molar-refractivity contribution in [1.82, 2.24) is 10.0 Å². The SMILES string of the molecule is COc1ccc(N2C(=O)[C@H]3[C@@H](C2=O)N2CCCN2[C@@H]3c2ccccc2OC)c(OC)c1. The zero-order valence-electron chi connectivity index (χ0n) is 17.8. The Morgan fingerprint density at radius 1 is 0.806 bits per heavy atom. The van der Waals surface area contributed by atoms with Gasteiger partial charge >= 0.3 is 0 Å². The first-order valence-electron chi connectivity index (χ1n) is 10.4. The first kappa shape index (κ1) is 19.8. The van der Waals surface area contributed by atoms with Crippen LogP contribution >= 0.6 is 0 Å². The molecular weight excluding hydrogens is 398 g/mol. The van der Waals surface area contributed by atoms with Gasteiger partial charge in [-0.2, -0.15) is 0 Å². The Labute approximate surface area is 180 Å². The molecule has 3 atom stereocenters. The van der Waals surface area contributed by atoms with Crippen LogP contribution in [0.4, 0.5) is 5.69 Å². The van der Waals surface area contributed by atoms with E-state index in [1.54, 1.807) is 32.4 Å². The van der Waals surface area contributed by atoms with Gasteiger partial charge in [-0.15, -0.1) is 0 Å². The molecule has 8 heteroatoms. The summed E-state index contributed by atoms with van der Waals surface area (Å²) in [6.07, 6.45) is 0.947. The molecule has 162 valence electrons. The zero-order chi connectivity index (χ0) is 21.7. The van der Waals surface area contributed by atoms with E-state index in [2.05, 4.69) is 10.0 Å². The molecule has 8 nitrogen and oxygen atoms in total. The van der Waals surface area contributed by atoms with Gasteiger partial charge in [-0.25, -0.2) is 14.9 Å². The molecule has 0 N–H and O–H groups in total. The van der Waals surface area contributed by atoms with Crippen LogP contribution in [-0.4, -0.2) is 62.3 Å². The Hall–Kier alpha value is -3.10. The van der Waals surface area contributed by atoms with E-state index in [-0.39, 0.29) is 17.9 Å². The minimum atomic E-state index is -0.531. The van der Waals surface area contributed by atoms with Crippen molar-refractivity contribution in [3.8, 4) is 17.2 Å². The number of ether oxygens (including phenoxy) is 3. The van der Waals surface area contributed by atoms with Crippen LogP contribution in [0.25, 0.3) is 0 Å². The summed E-state index contributed by atoms with van der Waals surface area (Å²) in [5.41, 5.74) is 1.37. The van der Waals surface area contributed by atoms with E-state index >= 15 is 0 Å². The molecule has 0 saturated carbocycles. The standard InChI is InChI=1S/C23H25N3O5/c1-29-14-9-10-16(18(13-14)31-3)26-22(27)19-20(15-7-4-5-8-17(15)30-2)24-11-6-12-25(24)21(19)23(26)28/h4-5,7-10,13,19-21H,6,11-12H2,1-3H3/t19-,20-,21+/m1/s1. The van der Waals surface area contributed by atoms with E-state index in [1.165, 1.54) is 12.0 Å². The topological polar surface area (TPSA) is 71.6 Å². The third kappa shape index (κ3) is 2.82. The van der Waals surface area contributed by atoms with Gasteiger partial charge in [0.1, 0.15) is 23.3 Å². The number of fused-ring (bicyclic) bond motifs is 3. The van der Waals surface area contributed by atoms with E-state index < -0.39 is 12.0 Å². The average molecular weight is 423 g/mol. The maximum absolute atomic E-state index is 13.8. The molecule has 3 fully saturated rings. The second-order valence-electron chi connectivity index (χ2n) is 7.89. The van der Waals surface area contributed by atoms with Crippen molar-refractivity contribution in [2.24, 2.45) is 5.92 Å². The average Bonchev–Trinajstić information content (AvgIpc) is 3.45. The molecule has 5 rings (SSSR count). The van der Waals surface area contributed by atoms with E-state index in [9.17, 15) is 9.59 Å². The Morgan fingerprint density at radius 3 is 2.23 bits per heavy atom. The number of imide groups is 1. The van der Waals surface area contributed by atoms with E-state index in [0.717, 1.165) is 30.8 Å². The molecular formula is C23H25N3O5. The number of anilines is 1. The molecule has 0 radical (unpaired) electrons. The third-order valence-electron chi connectivity index (χ3n) is 6.49. The highest BCUT2D eigenvalue weighted by molar-refractivity contribution is 6.24. The number of amides is 2. The van der Waals surface area contributed by atoms with Gasteiger partial charge in [0.25, 0.3) is 5.91 Å². The Bertz CT molecular complexity index is 1040. The van der Waals surface area contributed by atoms with Crippen LogP contribution in [0.15, 0.2) is 42.5 Å². The van der Waals surface area contributed by atoms with Crippen LogP contribution in [-0.2, 0) is 9.59 Å². The molecule has 3 aliphatic rings. The third-order valence-corrected chi connectivity index (χ3v) is 6.49.